The van der Waals surface area contributed by atoms with Gasteiger partial charge in [0.1, 0.15) is 0 Å². The Morgan fingerprint density at radius 2 is 1.42 bits per heavy atom. The number of nitrogens with one attached hydrogen (secondary N) is 2. The molecular formula is H3AgN2O7S2. The maximum absolute atomic E-state index is 9.40. The molecule has 0 aromatic heterocycles. The normalized spacial score (nSPS) is 10.5. The molecular weight excluding hydrogens is 312 g/mol. The van der Waals surface area contributed by atoms with Gasteiger partial charge in [-0.2, -0.15) is 8.42 Å². The average molecular weight is 315 g/mol. The Morgan fingerprint density at radius 1 is 1.17 bits per heavy atom. The van der Waals surface area contributed by atoms with Crippen molar-refractivity contribution >= 4 is 20.8 Å². The number of rotatable bonds is 2. The predicted octanol–water partition coefficient (Wildman–Crippen LogP) is -1.14. The third-order valence-electron chi connectivity index (χ3n) is 0.169. The molecule has 12 heavy (non-hydrogen) atoms. The van der Waals surface area contributed by atoms with E-state index >= 15 is 0 Å². The van der Waals surface area contributed by atoms with Crippen molar-refractivity contribution in [3.8, 4) is 0 Å². The molecule has 0 amide bonds. The predicted molar refractivity (Wildman–Crippen MR) is 27.8 cm³/mol. The summed E-state index contributed by atoms with van der Waals surface area (Å²) in [7, 11) is -10.6. The average Bonchev–Trinajstić information content (AvgIpc) is 1.60. The molecule has 0 saturated heterocycles. The third kappa shape index (κ3) is 22.5. The van der Waals surface area contributed by atoms with Crippen LogP contribution in [-0.4, -0.2) is 25.9 Å². The number of hydrogen-bond donors (Lipinski definition) is 3. The minimum absolute atomic E-state index is 0. The molecule has 0 saturated carbocycles. The van der Waals surface area contributed by atoms with Crippen LogP contribution in [0.1, 0.15) is 0 Å². The molecule has 0 aliphatic rings. The first-order valence-corrected chi connectivity index (χ1v) is 4.30. The Morgan fingerprint density at radius 3 is 1.42 bits per heavy atom. The van der Waals surface area contributed by atoms with Crippen molar-refractivity contribution in [2.24, 2.45) is 0 Å². The summed E-state index contributed by atoms with van der Waals surface area (Å²) in [5.41, 5.74) is 10.0. The molecule has 0 spiro atoms. The summed E-state index contributed by atoms with van der Waals surface area (Å²) in [5.74, 6) is 0. The van der Waals surface area contributed by atoms with Crippen LogP contribution >= 0.6 is 0 Å². The fourth-order valence-corrected chi connectivity index (χ4v) is 0.948. The molecule has 0 aliphatic carbocycles. The van der Waals surface area contributed by atoms with Gasteiger partial charge in [0.2, 0.25) is 10.4 Å². The molecule has 0 bridgehead atoms. The van der Waals surface area contributed by atoms with Crippen molar-refractivity contribution < 1.29 is 52.0 Å². The Hall–Kier alpha value is 0.120. The van der Waals surface area contributed by atoms with Crippen LogP contribution in [0, 0.1) is 11.1 Å². The fraction of sp³-hybridized carbons (Fsp3) is 0. The van der Waals surface area contributed by atoms with Gasteiger partial charge in [0.15, 0.2) is 0 Å². The molecule has 0 aromatic carbocycles. The Kier molecular flexibility index (Phi) is 9.93. The number of hydrogen-bond acceptors (Lipinski definition) is 8. The quantitative estimate of drug-likeness (QED) is 0.250. The second kappa shape index (κ2) is 6.62. The van der Waals surface area contributed by atoms with Gasteiger partial charge in [0.25, 0.3) is 0 Å². The van der Waals surface area contributed by atoms with Gasteiger partial charge >= 0.3 is 32.8 Å². The zero-order chi connectivity index (χ0) is 9.71. The molecule has 0 fully saturated rings. The molecule has 0 aromatic rings. The van der Waals surface area contributed by atoms with Crippen LogP contribution < -0.4 is 0 Å². The van der Waals surface area contributed by atoms with Gasteiger partial charge in [-0.3, -0.25) is 4.55 Å². The Bertz CT molecular complexity index is 257. The summed E-state index contributed by atoms with van der Waals surface area (Å²) in [6.07, 6.45) is 0. The van der Waals surface area contributed by atoms with Gasteiger partial charge in [-0.05, 0) is 0 Å². The summed E-state index contributed by atoms with van der Waals surface area (Å²) in [6.45, 7) is 0. The topological polar surface area (TPSA) is 168 Å². The monoisotopic (exact) mass is 314 g/mol. The second-order valence-electron chi connectivity index (χ2n) is 0.904. The molecule has 0 radical (unpaired) electrons. The molecule has 78 valence electrons. The van der Waals surface area contributed by atoms with Gasteiger partial charge < -0.3 is 4.55 Å². The van der Waals surface area contributed by atoms with Crippen LogP contribution in [-0.2, 0) is 46.8 Å². The largest absolute Gasteiger partial charge is 1.00 e. The molecule has 0 unspecified atom stereocenters. The van der Waals surface area contributed by atoms with E-state index in [2.05, 4.69) is 3.63 Å². The van der Waals surface area contributed by atoms with Crippen molar-refractivity contribution in [1.82, 2.24) is 0 Å². The van der Waals surface area contributed by atoms with E-state index in [4.69, 9.17) is 15.6 Å². The molecule has 0 heterocycles. The summed E-state index contributed by atoms with van der Waals surface area (Å²) in [4.78, 5) is 0. The first-order valence-electron chi connectivity index (χ1n) is 1.60. The van der Waals surface area contributed by atoms with Gasteiger partial charge in [0, 0.05) is 0 Å². The van der Waals surface area contributed by atoms with E-state index in [1.807, 2.05) is 0 Å². The minimum Gasteiger partial charge on any atom is -0.725 e. The van der Waals surface area contributed by atoms with E-state index in [-0.39, 0.29) is 22.4 Å². The Balaban J connectivity index is -0.000000249. The standard InChI is InChI=1S/Ag.H2N2.H2O7S2/c;1-2;1-8(2,3)7-9(4,5)6/h;1-2H;(H,1,2,3)(H,4,5,6)/q+1;;/p-1. The summed E-state index contributed by atoms with van der Waals surface area (Å²) in [6, 6.07) is 0. The molecule has 3 N–H and O–H groups in total. The first kappa shape index (κ1) is 18.0. The van der Waals surface area contributed by atoms with Crippen LogP contribution in [0.4, 0.5) is 0 Å². The first-order chi connectivity index (χ1) is 4.71. The summed E-state index contributed by atoms with van der Waals surface area (Å²) < 4.78 is 56.9. The third-order valence-corrected chi connectivity index (χ3v) is 1.52. The fourth-order valence-electron chi connectivity index (χ4n) is 0.105. The van der Waals surface area contributed by atoms with Crippen LogP contribution in [0.25, 0.3) is 0 Å². The second-order valence-corrected chi connectivity index (χ2v) is 3.12. The summed E-state index contributed by atoms with van der Waals surface area (Å²) >= 11 is 0. The maximum Gasteiger partial charge on any atom is 1.00 e. The van der Waals surface area contributed by atoms with E-state index < -0.39 is 20.8 Å². The van der Waals surface area contributed by atoms with E-state index in [1.165, 1.54) is 0 Å². The molecule has 0 rings (SSSR count). The van der Waals surface area contributed by atoms with Crippen LogP contribution in [0.2, 0.25) is 0 Å². The smallest absolute Gasteiger partial charge is 0.725 e. The van der Waals surface area contributed by atoms with Crippen LogP contribution in [0.5, 0.6) is 0 Å². The minimum atomic E-state index is -5.37. The van der Waals surface area contributed by atoms with Gasteiger partial charge in [-0.25, -0.2) is 19.5 Å². The molecule has 12 heteroatoms. The van der Waals surface area contributed by atoms with Crippen molar-refractivity contribution in [3.05, 3.63) is 0 Å². The zero-order valence-corrected chi connectivity index (χ0v) is 8.13. The van der Waals surface area contributed by atoms with Crippen molar-refractivity contribution in [3.63, 3.8) is 0 Å². The van der Waals surface area contributed by atoms with Crippen molar-refractivity contribution in [2.45, 2.75) is 0 Å². The maximum atomic E-state index is 9.40. The molecule has 9 nitrogen and oxygen atoms in total. The summed E-state index contributed by atoms with van der Waals surface area (Å²) in [5, 5.41) is 0. The van der Waals surface area contributed by atoms with Crippen molar-refractivity contribution in [1.29, 1.82) is 11.1 Å². The molecule has 0 atom stereocenters. The Labute approximate surface area is 83.8 Å². The SMILES string of the molecule is N=N.O=S(=O)([O-])OS(=O)(=O)O.[Ag+]. The van der Waals surface area contributed by atoms with Crippen molar-refractivity contribution in [2.75, 3.05) is 0 Å². The van der Waals surface area contributed by atoms with E-state index in [0.717, 1.165) is 0 Å². The van der Waals surface area contributed by atoms with Gasteiger partial charge in [0.05, 0.1) is 0 Å². The van der Waals surface area contributed by atoms with Gasteiger partial charge in [-0.1, -0.05) is 0 Å². The van der Waals surface area contributed by atoms with Gasteiger partial charge in [-0.15, -0.1) is 3.63 Å². The van der Waals surface area contributed by atoms with E-state index in [0.29, 0.717) is 0 Å². The van der Waals surface area contributed by atoms with Crippen LogP contribution in [0.3, 0.4) is 0 Å². The zero-order valence-electron chi connectivity index (χ0n) is 5.01. The van der Waals surface area contributed by atoms with E-state index in [1.54, 1.807) is 0 Å². The van der Waals surface area contributed by atoms with E-state index in [9.17, 15) is 21.4 Å². The molecule has 0 aliphatic heterocycles. The van der Waals surface area contributed by atoms with Crippen LogP contribution in [0.15, 0.2) is 0 Å².